The number of rotatable bonds is 4. The predicted octanol–water partition coefficient (Wildman–Crippen LogP) is 0.750. The second kappa shape index (κ2) is 4.16. The Kier molecular flexibility index (Phi) is 3.14. The van der Waals surface area contributed by atoms with E-state index in [9.17, 15) is 0 Å². The monoisotopic (exact) mass is 155 g/mol. The topological polar surface area (TPSA) is 45.4 Å². The average molecular weight is 155 g/mol. The van der Waals surface area contributed by atoms with Crippen LogP contribution in [0.25, 0.3) is 0 Å². The van der Waals surface area contributed by atoms with Gasteiger partial charge in [-0.25, -0.2) is 0 Å². The zero-order valence-electron chi connectivity index (χ0n) is 6.58. The Morgan fingerprint density at radius 2 is 2.55 bits per heavy atom. The van der Waals surface area contributed by atoms with Gasteiger partial charge in [0.25, 0.3) is 0 Å². The molecule has 0 aliphatic carbocycles. The second-order valence-electron chi connectivity index (χ2n) is 2.61. The molecule has 1 aromatic heterocycles. The average Bonchev–Trinajstić information content (AvgIpc) is 2.39. The summed E-state index contributed by atoms with van der Waals surface area (Å²) >= 11 is 0. The molecule has 0 aliphatic heterocycles. The van der Waals surface area contributed by atoms with Gasteiger partial charge in [0.2, 0.25) is 0 Å². The number of nitrogens with one attached hydrogen (secondary N) is 1. The molecule has 11 heavy (non-hydrogen) atoms. The van der Waals surface area contributed by atoms with Gasteiger partial charge >= 0.3 is 0 Å². The largest absolute Gasteiger partial charge is 0.472 e. The van der Waals surface area contributed by atoms with Crippen molar-refractivity contribution in [2.45, 2.75) is 19.6 Å². The maximum Gasteiger partial charge on any atom is 0.0947 e. The van der Waals surface area contributed by atoms with E-state index in [4.69, 9.17) is 9.52 Å². The molecular formula is C8H13NO2. The molecule has 3 nitrogen and oxygen atoms in total. The third-order valence-electron chi connectivity index (χ3n) is 1.35. The summed E-state index contributed by atoms with van der Waals surface area (Å²) in [6.07, 6.45) is 3.04. The van der Waals surface area contributed by atoms with Crippen LogP contribution in [0.4, 0.5) is 0 Å². The fourth-order valence-corrected chi connectivity index (χ4v) is 0.819. The van der Waals surface area contributed by atoms with Crippen LogP contribution in [0.3, 0.4) is 0 Å². The minimum Gasteiger partial charge on any atom is -0.472 e. The Labute approximate surface area is 66.0 Å². The first-order valence-corrected chi connectivity index (χ1v) is 3.69. The summed E-state index contributed by atoms with van der Waals surface area (Å²) in [6.45, 7) is 3.12. The highest BCUT2D eigenvalue weighted by Gasteiger charge is 1.95. The third kappa shape index (κ3) is 3.20. The fourth-order valence-electron chi connectivity index (χ4n) is 0.819. The highest BCUT2D eigenvalue weighted by Crippen LogP contribution is 1.97. The Hall–Kier alpha value is -0.800. The van der Waals surface area contributed by atoms with E-state index in [-0.39, 0.29) is 6.10 Å². The van der Waals surface area contributed by atoms with Crippen molar-refractivity contribution in [1.82, 2.24) is 5.32 Å². The molecule has 1 atom stereocenters. The summed E-state index contributed by atoms with van der Waals surface area (Å²) in [6, 6.07) is 1.90. The first kappa shape index (κ1) is 8.30. The summed E-state index contributed by atoms with van der Waals surface area (Å²) in [7, 11) is 0. The maximum atomic E-state index is 8.90. The molecule has 2 N–H and O–H groups in total. The molecule has 0 unspecified atom stereocenters. The standard InChI is InChI=1S/C8H13NO2/c1-7(10)4-9-5-8-2-3-11-6-8/h2-3,6-7,9-10H,4-5H2,1H3/t7-/m0/s1. The van der Waals surface area contributed by atoms with Crippen LogP contribution in [0.15, 0.2) is 23.0 Å². The molecule has 1 rings (SSSR count). The van der Waals surface area contributed by atoms with Crippen molar-refractivity contribution in [3.05, 3.63) is 24.2 Å². The van der Waals surface area contributed by atoms with Crippen LogP contribution in [0.5, 0.6) is 0 Å². The highest BCUT2D eigenvalue weighted by molar-refractivity contribution is 5.04. The zero-order chi connectivity index (χ0) is 8.10. The summed E-state index contributed by atoms with van der Waals surface area (Å²) in [5.41, 5.74) is 1.10. The Morgan fingerprint density at radius 1 is 1.73 bits per heavy atom. The minimum absolute atomic E-state index is 0.290. The van der Waals surface area contributed by atoms with E-state index in [0.717, 1.165) is 12.1 Å². The fraction of sp³-hybridized carbons (Fsp3) is 0.500. The van der Waals surface area contributed by atoms with Gasteiger partial charge in [0.05, 0.1) is 18.6 Å². The Balaban J connectivity index is 2.14. The molecular weight excluding hydrogens is 142 g/mol. The van der Waals surface area contributed by atoms with Gasteiger partial charge in [-0.05, 0) is 13.0 Å². The van der Waals surface area contributed by atoms with Crippen molar-refractivity contribution in [2.75, 3.05) is 6.54 Å². The number of aliphatic hydroxyl groups excluding tert-OH is 1. The van der Waals surface area contributed by atoms with E-state index < -0.39 is 0 Å². The van der Waals surface area contributed by atoms with Gasteiger partial charge in [-0.1, -0.05) is 0 Å². The van der Waals surface area contributed by atoms with Crippen molar-refractivity contribution in [3.8, 4) is 0 Å². The predicted molar refractivity (Wildman–Crippen MR) is 42.1 cm³/mol. The van der Waals surface area contributed by atoms with Crippen molar-refractivity contribution < 1.29 is 9.52 Å². The van der Waals surface area contributed by atoms with Gasteiger partial charge in [-0.2, -0.15) is 0 Å². The minimum atomic E-state index is -0.290. The normalized spacial score (nSPS) is 13.3. The molecule has 1 aromatic rings. The van der Waals surface area contributed by atoms with Crippen LogP contribution < -0.4 is 5.32 Å². The van der Waals surface area contributed by atoms with Gasteiger partial charge < -0.3 is 14.8 Å². The SMILES string of the molecule is C[C@H](O)CNCc1ccoc1. The van der Waals surface area contributed by atoms with Crippen LogP contribution in [-0.4, -0.2) is 17.8 Å². The van der Waals surface area contributed by atoms with Crippen LogP contribution >= 0.6 is 0 Å². The van der Waals surface area contributed by atoms with E-state index in [1.807, 2.05) is 6.07 Å². The van der Waals surface area contributed by atoms with Crippen LogP contribution in [0.2, 0.25) is 0 Å². The van der Waals surface area contributed by atoms with Gasteiger partial charge in [0, 0.05) is 18.7 Å². The quantitative estimate of drug-likeness (QED) is 0.674. The summed E-state index contributed by atoms with van der Waals surface area (Å²) in [5, 5.41) is 12.0. The lowest BCUT2D eigenvalue weighted by Gasteiger charge is -2.04. The van der Waals surface area contributed by atoms with E-state index >= 15 is 0 Å². The molecule has 3 heteroatoms. The lowest BCUT2D eigenvalue weighted by Crippen LogP contribution is -2.23. The first-order valence-electron chi connectivity index (χ1n) is 3.69. The number of aliphatic hydroxyl groups is 1. The van der Waals surface area contributed by atoms with Gasteiger partial charge in [0.15, 0.2) is 0 Å². The lowest BCUT2D eigenvalue weighted by atomic mass is 10.3. The van der Waals surface area contributed by atoms with Gasteiger partial charge in [-0.3, -0.25) is 0 Å². The van der Waals surface area contributed by atoms with Gasteiger partial charge in [-0.15, -0.1) is 0 Å². The van der Waals surface area contributed by atoms with Crippen LogP contribution in [0, 0.1) is 0 Å². The maximum absolute atomic E-state index is 8.90. The smallest absolute Gasteiger partial charge is 0.0947 e. The summed E-state index contributed by atoms with van der Waals surface area (Å²) in [4.78, 5) is 0. The molecule has 0 aromatic carbocycles. The Bertz CT molecular complexity index is 182. The van der Waals surface area contributed by atoms with Crippen molar-refractivity contribution in [1.29, 1.82) is 0 Å². The summed E-state index contributed by atoms with van der Waals surface area (Å²) < 4.78 is 4.87. The second-order valence-corrected chi connectivity index (χ2v) is 2.61. The lowest BCUT2D eigenvalue weighted by molar-refractivity contribution is 0.191. The van der Waals surface area contributed by atoms with E-state index in [0.29, 0.717) is 6.54 Å². The molecule has 0 aliphatic rings. The van der Waals surface area contributed by atoms with Crippen molar-refractivity contribution in [2.24, 2.45) is 0 Å². The van der Waals surface area contributed by atoms with Gasteiger partial charge in [0.1, 0.15) is 0 Å². The van der Waals surface area contributed by atoms with Crippen LogP contribution in [0.1, 0.15) is 12.5 Å². The number of furan rings is 1. The van der Waals surface area contributed by atoms with E-state index in [1.165, 1.54) is 0 Å². The highest BCUT2D eigenvalue weighted by atomic mass is 16.3. The number of hydrogen-bond acceptors (Lipinski definition) is 3. The van der Waals surface area contributed by atoms with E-state index in [2.05, 4.69) is 5.32 Å². The zero-order valence-corrected chi connectivity index (χ0v) is 6.58. The molecule has 0 amide bonds. The number of hydrogen-bond donors (Lipinski definition) is 2. The molecule has 0 bridgehead atoms. The first-order chi connectivity index (χ1) is 5.29. The molecule has 0 fully saturated rings. The molecule has 0 saturated heterocycles. The van der Waals surface area contributed by atoms with Crippen LogP contribution in [-0.2, 0) is 6.54 Å². The molecule has 0 spiro atoms. The Morgan fingerprint density at radius 3 is 3.09 bits per heavy atom. The molecule has 1 heterocycles. The molecule has 0 radical (unpaired) electrons. The van der Waals surface area contributed by atoms with Crippen molar-refractivity contribution in [3.63, 3.8) is 0 Å². The molecule has 0 saturated carbocycles. The van der Waals surface area contributed by atoms with Crippen molar-refractivity contribution >= 4 is 0 Å². The molecule has 62 valence electrons. The van der Waals surface area contributed by atoms with E-state index in [1.54, 1.807) is 19.5 Å². The third-order valence-corrected chi connectivity index (χ3v) is 1.35. The summed E-state index contributed by atoms with van der Waals surface area (Å²) in [5.74, 6) is 0.